The van der Waals surface area contributed by atoms with Gasteiger partial charge in [0.2, 0.25) is 10.0 Å². The monoisotopic (exact) mass is 552 g/mol. The second-order valence-corrected chi connectivity index (χ2v) is 9.57. The van der Waals surface area contributed by atoms with Crippen molar-refractivity contribution in [2.45, 2.75) is 6.54 Å². The van der Waals surface area contributed by atoms with Gasteiger partial charge in [0.05, 0.1) is 5.75 Å². The van der Waals surface area contributed by atoms with E-state index in [1.54, 1.807) is 35.2 Å². The van der Waals surface area contributed by atoms with Gasteiger partial charge in [0, 0.05) is 54.8 Å². The lowest BCUT2D eigenvalue weighted by Gasteiger charge is -2.25. The van der Waals surface area contributed by atoms with Crippen molar-refractivity contribution in [2.75, 3.05) is 43.9 Å². The number of nitrogens with one attached hydrogen (secondary N) is 2. The first kappa shape index (κ1) is 24.1. The summed E-state index contributed by atoms with van der Waals surface area (Å²) in [6.45, 7) is 1.94. The number of sulfonamides is 1. The van der Waals surface area contributed by atoms with Crippen LogP contribution in [0.15, 0.2) is 23.2 Å². The Morgan fingerprint density at radius 2 is 1.96 bits per heavy atom. The molecular formula is C15H23Cl2IN4O2S2. The summed E-state index contributed by atoms with van der Waals surface area (Å²) in [4.78, 5) is 4.10. The van der Waals surface area contributed by atoms with E-state index in [1.165, 1.54) is 0 Å². The van der Waals surface area contributed by atoms with Crippen LogP contribution in [-0.4, -0.2) is 62.6 Å². The van der Waals surface area contributed by atoms with Crippen molar-refractivity contribution in [3.63, 3.8) is 0 Å². The minimum absolute atomic E-state index is 0. The molecule has 0 amide bonds. The fourth-order valence-electron chi connectivity index (χ4n) is 2.32. The summed E-state index contributed by atoms with van der Waals surface area (Å²) < 4.78 is 26.2. The number of guanidine groups is 1. The molecule has 6 nitrogen and oxygen atoms in total. The topological polar surface area (TPSA) is 73.8 Å². The van der Waals surface area contributed by atoms with Gasteiger partial charge in [-0.3, -0.25) is 4.99 Å². The number of nitrogens with zero attached hydrogens (tertiary/aromatic N) is 2. The standard InChI is InChI=1S/C15H22Cl2N4O2S2.HI/c1-18-15(20-11-12-2-3-13(16)10-14(12)17)19-4-9-25(22,23)21-5-7-24-8-6-21;/h2-3,10H,4-9,11H2,1H3,(H2,18,19,20);1H. The van der Waals surface area contributed by atoms with Crippen molar-refractivity contribution < 1.29 is 8.42 Å². The first-order valence-corrected chi connectivity index (χ1v) is 11.4. The van der Waals surface area contributed by atoms with Crippen molar-refractivity contribution in [1.29, 1.82) is 0 Å². The largest absolute Gasteiger partial charge is 0.355 e. The van der Waals surface area contributed by atoms with Crippen LogP contribution in [0.3, 0.4) is 0 Å². The molecule has 0 spiro atoms. The zero-order valence-electron chi connectivity index (χ0n) is 14.4. The molecule has 1 aromatic rings. The molecule has 0 aromatic heterocycles. The summed E-state index contributed by atoms with van der Waals surface area (Å²) in [5.41, 5.74) is 0.882. The predicted octanol–water partition coefficient (Wildman–Crippen LogP) is 2.66. The second-order valence-electron chi connectivity index (χ2n) is 5.42. The van der Waals surface area contributed by atoms with Gasteiger partial charge in [-0.2, -0.15) is 11.8 Å². The molecule has 0 aliphatic carbocycles. The highest BCUT2D eigenvalue weighted by Gasteiger charge is 2.23. The number of aliphatic imine (C=N–C) groups is 1. The van der Waals surface area contributed by atoms with Gasteiger partial charge in [-0.15, -0.1) is 24.0 Å². The maximum Gasteiger partial charge on any atom is 0.215 e. The highest BCUT2D eigenvalue weighted by atomic mass is 127. The minimum atomic E-state index is -3.23. The molecule has 1 aliphatic heterocycles. The van der Waals surface area contributed by atoms with E-state index in [0.717, 1.165) is 17.1 Å². The van der Waals surface area contributed by atoms with Gasteiger partial charge < -0.3 is 10.6 Å². The molecule has 11 heteroatoms. The molecule has 2 N–H and O–H groups in total. The van der Waals surface area contributed by atoms with Crippen LogP contribution in [0.2, 0.25) is 10.0 Å². The Kier molecular flexibility index (Phi) is 10.9. The zero-order valence-corrected chi connectivity index (χ0v) is 19.8. The van der Waals surface area contributed by atoms with Crippen molar-refractivity contribution >= 4 is 74.9 Å². The molecule has 0 radical (unpaired) electrons. The fraction of sp³-hybridized carbons (Fsp3) is 0.533. The summed E-state index contributed by atoms with van der Waals surface area (Å²) in [6, 6.07) is 5.29. The van der Waals surface area contributed by atoms with Crippen LogP contribution in [0.4, 0.5) is 0 Å². The second kappa shape index (κ2) is 11.8. The summed E-state index contributed by atoms with van der Waals surface area (Å²) in [6.07, 6.45) is 0. The third-order valence-electron chi connectivity index (χ3n) is 3.70. The van der Waals surface area contributed by atoms with Crippen LogP contribution in [0.5, 0.6) is 0 Å². The summed E-state index contributed by atoms with van der Waals surface area (Å²) >= 11 is 13.8. The average Bonchev–Trinajstić information content (AvgIpc) is 2.60. The smallest absolute Gasteiger partial charge is 0.215 e. The number of hydrogen-bond acceptors (Lipinski definition) is 4. The van der Waals surface area contributed by atoms with E-state index < -0.39 is 10.0 Å². The Bertz CT molecular complexity index is 714. The average molecular weight is 553 g/mol. The highest BCUT2D eigenvalue weighted by molar-refractivity contribution is 14.0. The van der Waals surface area contributed by atoms with Crippen LogP contribution < -0.4 is 10.6 Å². The number of benzene rings is 1. The van der Waals surface area contributed by atoms with E-state index in [9.17, 15) is 8.42 Å². The summed E-state index contributed by atoms with van der Waals surface area (Å²) in [5, 5.41) is 7.29. The third-order valence-corrected chi connectivity index (χ3v) is 7.10. The van der Waals surface area contributed by atoms with Gasteiger partial charge in [-0.25, -0.2) is 12.7 Å². The Labute approximate surface area is 186 Å². The van der Waals surface area contributed by atoms with Gasteiger partial charge in [-0.1, -0.05) is 29.3 Å². The molecular weight excluding hydrogens is 530 g/mol. The maximum atomic E-state index is 12.3. The molecule has 0 bridgehead atoms. The van der Waals surface area contributed by atoms with Gasteiger partial charge in [0.15, 0.2) is 5.96 Å². The van der Waals surface area contributed by atoms with E-state index in [2.05, 4.69) is 15.6 Å². The molecule has 0 saturated carbocycles. The van der Waals surface area contributed by atoms with E-state index in [0.29, 0.717) is 42.2 Å². The number of rotatable bonds is 6. The quantitative estimate of drug-likeness (QED) is 0.322. The van der Waals surface area contributed by atoms with E-state index >= 15 is 0 Å². The van der Waals surface area contributed by atoms with Crippen LogP contribution in [0, 0.1) is 0 Å². The lowest BCUT2D eigenvalue weighted by molar-refractivity contribution is 0.443. The lowest BCUT2D eigenvalue weighted by atomic mass is 10.2. The molecule has 1 aliphatic rings. The molecule has 1 heterocycles. The number of hydrogen-bond donors (Lipinski definition) is 2. The van der Waals surface area contributed by atoms with E-state index in [1.807, 2.05) is 6.07 Å². The SMILES string of the molecule is CN=C(NCCS(=O)(=O)N1CCSCC1)NCc1ccc(Cl)cc1Cl.I. The van der Waals surface area contributed by atoms with Gasteiger partial charge in [0.1, 0.15) is 0 Å². The molecule has 1 saturated heterocycles. The van der Waals surface area contributed by atoms with Gasteiger partial charge >= 0.3 is 0 Å². The van der Waals surface area contributed by atoms with Crippen LogP contribution in [0.1, 0.15) is 5.56 Å². The summed E-state index contributed by atoms with van der Waals surface area (Å²) in [5.74, 6) is 2.28. The van der Waals surface area contributed by atoms with Crippen molar-refractivity contribution in [3.05, 3.63) is 33.8 Å². The predicted molar refractivity (Wildman–Crippen MR) is 123 cm³/mol. The lowest BCUT2D eigenvalue weighted by Crippen LogP contribution is -2.44. The molecule has 148 valence electrons. The van der Waals surface area contributed by atoms with Crippen LogP contribution in [0.25, 0.3) is 0 Å². The molecule has 1 fully saturated rings. The summed E-state index contributed by atoms with van der Waals surface area (Å²) in [7, 11) is -1.59. The maximum absolute atomic E-state index is 12.3. The van der Waals surface area contributed by atoms with Crippen molar-refractivity contribution in [1.82, 2.24) is 14.9 Å². The molecule has 0 unspecified atom stereocenters. The zero-order chi connectivity index (χ0) is 18.3. The number of thioether (sulfide) groups is 1. The Hall–Kier alpha value is 0.0600. The van der Waals surface area contributed by atoms with Crippen LogP contribution >= 0.6 is 58.9 Å². The third kappa shape index (κ3) is 7.59. The van der Waals surface area contributed by atoms with Crippen molar-refractivity contribution in [3.8, 4) is 0 Å². The first-order chi connectivity index (χ1) is 11.9. The van der Waals surface area contributed by atoms with Gasteiger partial charge in [-0.05, 0) is 17.7 Å². The normalized spacial score (nSPS) is 16.0. The molecule has 0 atom stereocenters. The molecule has 1 aromatic carbocycles. The van der Waals surface area contributed by atoms with Crippen molar-refractivity contribution in [2.24, 2.45) is 4.99 Å². The fourth-order valence-corrected chi connectivity index (χ4v) is 5.28. The Balaban J connectivity index is 0.00000338. The Morgan fingerprint density at radius 1 is 1.27 bits per heavy atom. The van der Waals surface area contributed by atoms with E-state index in [4.69, 9.17) is 23.2 Å². The number of halogens is 3. The van der Waals surface area contributed by atoms with E-state index in [-0.39, 0.29) is 29.7 Å². The first-order valence-electron chi connectivity index (χ1n) is 7.86. The molecule has 2 rings (SSSR count). The minimum Gasteiger partial charge on any atom is -0.355 e. The highest BCUT2D eigenvalue weighted by Crippen LogP contribution is 2.20. The molecule has 26 heavy (non-hydrogen) atoms. The van der Waals surface area contributed by atoms with Gasteiger partial charge in [0.25, 0.3) is 0 Å². The Morgan fingerprint density at radius 3 is 2.58 bits per heavy atom. The van der Waals surface area contributed by atoms with Crippen LogP contribution in [-0.2, 0) is 16.6 Å².